The van der Waals surface area contributed by atoms with E-state index in [0.717, 1.165) is 11.1 Å². The van der Waals surface area contributed by atoms with Crippen molar-refractivity contribution in [3.8, 4) is 0 Å². The Morgan fingerprint density at radius 2 is 2.27 bits per heavy atom. The van der Waals surface area contributed by atoms with Crippen LogP contribution in [0.25, 0.3) is 0 Å². The number of hydrogen-bond acceptors (Lipinski definition) is 3. The number of rotatable bonds is 2. The van der Waals surface area contributed by atoms with Crippen LogP contribution in [0.5, 0.6) is 0 Å². The number of carboxylic acids is 1. The van der Waals surface area contributed by atoms with Gasteiger partial charge in [-0.2, -0.15) is 0 Å². The Balaban J connectivity index is 2.40. The monoisotopic (exact) mass is 207 g/mol. The molecule has 4 nitrogen and oxygen atoms in total. The number of carbonyl (C=O) groups is 1. The maximum absolute atomic E-state index is 10.7. The Labute approximate surface area is 87.7 Å². The number of hydrogen-bond donors (Lipinski definition) is 2. The highest BCUT2D eigenvalue weighted by Gasteiger charge is 2.35. The highest BCUT2D eigenvalue weighted by molar-refractivity contribution is 5.69. The zero-order valence-electron chi connectivity index (χ0n) is 8.27. The number of ether oxygens (including phenoxy) is 1. The highest BCUT2D eigenvalue weighted by Crippen LogP contribution is 2.30. The molecule has 3 N–H and O–H groups in total. The summed E-state index contributed by atoms with van der Waals surface area (Å²) in [5.74, 6) is -0.905. The van der Waals surface area contributed by atoms with Crippen LogP contribution in [0.15, 0.2) is 24.3 Å². The SMILES string of the molecule is NC1(CC(=O)O)COCc2ccccc21. The lowest BCUT2D eigenvalue weighted by Gasteiger charge is -2.34. The largest absolute Gasteiger partial charge is 0.481 e. The fourth-order valence-corrected chi connectivity index (χ4v) is 1.97. The Hall–Kier alpha value is -1.39. The summed E-state index contributed by atoms with van der Waals surface area (Å²) in [5, 5.41) is 8.82. The molecule has 0 bridgehead atoms. The van der Waals surface area contributed by atoms with Crippen LogP contribution in [0, 0.1) is 0 Å². The molecule has 4 heteroatoms. The third-order valence-electron chi connectivity index (χ3n) is 2.64. The minimum absolute atomic E-state index is 0.107. The van der Waals surface area contributed by atoms with Crippen molar-refractivity contribution in [2.24, 2.45) is 5.73 Å². The zero-order chi connectivity index (χ0) is 10.9. The van der Waals surface area contributed by atoms with E-state index in [9.17, 15) is 4.79 Å². The van der Waals surface area contributed by atoms with Gasteiger partial charge in [0.1, 0.15) is 0 Å². The topological polar surface area (TPSA) is 72.6 Å². The number of aliphatic carboxylic acids is 1. The molecule has 0 fully saturated rings. The molecule has 1 aliphatic rings. The third kappa shape index (κ3) is 1.86. The Morgan fingerprint density at radius 1 is 1.53 bits per heavy atom. The van der Waals surface area contributed by atoms with Crippen LogP contribution in [0.1, 0.15) is 17.5 Å². The number of fused-ring (bicyclic) bond motifs is 1. The summed E-state index contributed by atoms with van der Waals surface area (Å²) in [6, 6.07) is 7.56. The Morgan fingerprint density at radius 3 is 3.00 bits per heavy atom. The van der Waals surface area contributed by atoms with Gasteiger partial charge in [-0.3, -0.25) is 4.79 Å². The summed E-state index contributed by atoms with van der Waals surface area (Å²) >= 11 is 0. The second-order valence-corrected chi connectivity index (χ2v) is 3.88. The van der Waals surface area contributed by atoms with Crippen molar-refractivity contribution in [3.05, 3.63) is 35.4 Å². The van der Waals surface area contributed by atoms with E-state index in [-0.39, 0.29) is 13.0 Å². The maximum Gasteiger partial charge on any atom is 0.305 e. The van der Waals surface area contributed by atoms with Crippen molar-refractivity contribution in [1.82, 2.24) is 0 Å². The lowest BCUT2D eigenvalue weighted by Crippen LogP contribution is -2.46. The van der Waals surface area contributed by atoms with E-state index in [1.54, 1.807) is 0 Å². The first kappa shape index (κ1) is 10.1. The quantitative estimate of drug-likeness (QED) is 0.754. The van der Waals surface area contributed by atoms with Crippen molar-refractivity contribution in [2.45, 2.75) is 18.6 Å². The lowest BCUT2D eigenvalue weighted by molar-refractivity contribution is -0.139. The van der Waals surface area contributed by atoms with Crippen LogP contribution in [-0.2, 0) is 21.7 Å². The Bertz CT molecular complexity index is 391. The number of carboxylic acid groups (broad SMARTS) is 1. The molecule has 0 radical (unpaired) electrons. The van der Waals surface area contributed by atoms with Gasteiger partial charge < -0.3 is 15.6 Å². The summed E-state index contributed by atoms with van der Waals surface area (Å²) < 4.78 is 5.32. The third-order valence-corrected chi connectivity index (χ3v) is 2.64. The van der Waals surface area contributed by atoms with Crippen molar-refractivity contribution in [2.75, 3.05) is 6.61 Å². The molecule has 0 spiro atoms. The van der Waals surface area contributed by atoms with Crippen LogP contribution in [0.4, 0.5) is 0 Å². The van der Waals surface area contributed by atoms with Gasteiger partial charge >= 0.3 is 5.97 Å². The maximum atomic E-state index is 10.7. The average Bonchev–Trinajstić information content (AvgIpc) is 2.17. The fourth-order valence-electron chi connectivity index (χ4n) is 1.97. The summed E-state index contributed by atoms with van der Waals surface area (Å²) in [7, 11) is 0. The Kier molecular flexibility index (Phi) is 2.46. The molecular formula is C11H13NO3. The van der Waals surface area contributed by atoms with Crippen LogP contribution in [-0.4, -0.2) is 17.7 Å². The van der Waals surface area contributed by atoms with Crippen LogP contribution < -0.4 is 5.73 Å². The first-order chi connectivity index (χ1) is 7.12. The molecule has 15 heavy (non-hydrogen) atoms. The van der Waals surface area contributed by atoms with Gasteiger partial charge in [-0.1, -0.05) is 24.3 Å². The van der Waals surface area contributed by atoms with Crippen molar-refractivity contribution >= 4 is 5.97 Å². The van der Waals surface area contributed by atoms with Crippen LogP contribution in [0.2, 0.25) is 0 Å². The summed E-state index contributed by atoms with van der Waals surface area (Å²) in [6.45, 7) is 0.769. The molecule has 1 unspecified atom stereocenters. The van der Waals surface area contributed by atoms with Crippen LogP contribution >= 0.6 is 0 Å². The first-order valence-corrected chi connectivity index (χ1v) is 4.79. The predicted octanol–water partition coefficient (Wildman–Crippen LogP) is 0.845. The highest BCUT2D eigenvalue weighted by atomic mass is 16.5. The minimum Gasteiger partial charge on any atom is -0.481 e. The predicted molar refractivity (Wildman–Crippen MR) is 54.2 cm³/mol. The molecule has 1 heterocycles. The smallest absolute Gasteiger partial charge is 0.305 e. The van der Waals surface area contributed by atoms with Gasteiger partial charge in [-0.05, 0) is 11.1 Å². The summed E-state index contributed by atoms with van der Waals surface area (Å²) in [4.78, 5) is 10.7. The molecule has 0 aromatic heterocycles. The average molecular weight is 207 g/mol. The van der Waals surface area contributed by atoms with Gasteiger partial charge in [0.05, 0.1) is 25.2 Å². The van der Waals surface area contributed by atoms with Crippen LogP contribution in [0.3, 0.4) is 0 Å². The normalized spacial score (nSPS) is 24.6. The lowest BCUT2D eigenvalue weighted by atomic mass is 9.84. The second kappa shape index (κ2) is 3.64. The van der Waals surface area contributed by atoms with E-state index in [4.69, 9.17) is 15.6 Å². The molecule has 1 aromatic rings. The molecule has 1 atom stereocenters. The molecule has 0 amide bonds. The standard InChI is InChI=1S/C11H13NO3/c12-11(5-10(13)14)7-15-6-8-3-1-2-4-9(8)11/h1-4H,5-7,12H2,(H,13,14). The van der Waals surface area contributed by atoms with Gasteiger partial charge in [0.25, 0.3) is 0 Å². The summed E-state index contributed by atoms with van der Waals surface area (Å²) in [5.41, 5.74) is 7.04. The molecule has 0 saturated carbocycles. The molecule has 2 rings (SSSR count). The van der Waals surface area contributed by atoms with Gasteiger partial charge in [0.15, 0.2) is 0 Å². The van der Waals surface area contributed by atoms with Crippen molar-refractivity contribution in [1.29, 1.82) is 0 Å². The number of benzene rings is 1. The van der Waals surface area contributed by atoms with E-state index in [2.05, 4.69) is 0 Å². The molecule has 1 aliphatic heterocycles. The van der Waals surface area contributed by atoms with Gasteiger partial charge in [0, 0.05) is 0 Å². The zero-order valence-corrected chi connectivity index (χ0v) is 8.27. The molecular weight excluding hydrogens is 194 g/mol. The molecule has 0 aliphatic carbocycles. The van der Waals surface area contributed by atoms with E-state index >= 15 is 0 Å². The number of nitrogens with two attached hydrogens (primary N) is 1. The first-order valence-electron chi connectivity index (χ1n) is 4.79. The summed E-state index contributed by atoms with van der Waals surface area (Å²) in [6.07, 6.45) is -0.107. The van der Waals surface area contributed by atoms with Gasteiger partial charge in [0.2, 0.25) is 0 Å². The van der Waals surface area contributed by atoms with Gasteiger partial charge in [-0.15, -0.1) is 0 Å². The fraction of sp³-hybridized carbons (Fsp3) is 0.364. The molecule has 80 valence electrons. The minimum atomic E-state index is -0.905. The van der Waals surface area contributed by atoms with Crippen molar-refractivity contribution in [3.63, 3.8) is 0 Å². The molecule has 0 saturated heterocycles. The second-order valence-electron chi connectivity index (χ2n) is 3.88. The molecule has 1 aromatic carbocycles. The van der Waals surface area contributed by atoms with Gasteiger partial charge in [-0.25, -0.2) is 0 Å². The van der Waals surface area contributed by atoms with E-state index in [1.165, 1.54) is 0 Å². The van der Waals surface area contributed by atoms with Crippen molar-refractivity contribution < 1.29 is 14.6 Å². The van der Waals surface area contributed by atoms with E-state index in [0.29, 0.717) is 6.61 Å². The van der Waals surface area contributed by atoms with E-state index < -0.39 is 11.5 Å². The van der Waals surface area contributed by atoms with E-state index in [1.807, 2.05) is 24.3 Å².